The first kappa shape index (κ1) is 27.1. The Morgan fingerprint density at radius 1 is 1.14 bits per heavy atom. The largest absolute Gasteiger partial charge is 0.344 e. The van der Waals surface area contributed by atoms with Crippen LogP contribution in [-0.2, 0) is 20.8 Å². The van der Waals surface area contributed by atoms with Gasteiger partial charge in [-0.15, -0.1) is 0 Å². The molecule has 0 spiro atoms. The van der Waals surface area contributed by atoms with Crippen LogP contribution in [0.25, 0.3) is 0 Å². The monoisotopic (exact) mass is 489 g/mol. The first-order chi connectivity index (χ1) is 16.6. The van der Waals surface area contributed by atoms with Gasteiger partial charge in [0.05, 0.1) is 11.2 Å². The second kappa shape index (κ2) is 11.9. The summed E-state index contributed by atoms with van der Waals surface area (Å²) in [5.74, 6) is -1.31. The topological polar surface area (TPSA) is 108 Å². The van der Waals surface area contributed by atoms with Crippen LogP contribution in [0, 0.1) is 11.7 Å². The molecule has 1 saturated carbocycles. The molecule has 9 heteroatoms. The molecule has 3 amide bonds. The molecule has 1 aliphatic heterocycles. The summed E-state index contributed by atoms with van der Waals surface area (Å²) in [6.45, 7) is 6.16. The number of nitrogens with zero attached hydrogens (tertiary/aromatic N) is 2. The molecule has 3 rings (SSSR count). The van der Waals surface area contributed by atoms with Crippen LogP contribution in [0.15, 0.2) is 18.2 Å². The van der Waals surface area contributed by atoms with Crippen LogP contribution in [0.1, 0.15) is 57.9 Å². The summed E-state index contributed by atoms with van der Waals surface area (Å²) >= 11 is 0. The van der Waals surface area contributed by atoms with Crippen molar-refractivity contribution in [3.63, 3.8) is 0 Å². The van der Waals surface area contributed by atoms with E-state index >= 15 is 0 Å². The molecule has 8 nitrogen and oxygen atoms in total. The summed E-state index contributed by atoms with van der Waals surface area (Å²) in [5, 5.41) is 5.45. The highest BCUT2D eigenvalue weighted by Crippen LogP contribution is 2.32. The van der Waals surface area contributed by atoms with Crippen molar-refractivity contribution in [2.45, 2.75) is 70.4 Å². The Morgan fingerprint density at radius 3 is 2.40 bits per heavy atom. The van der Waals surface area contributed by atoms with Gasteiger partial charge in [-0.1, -0.05) is 32.3 Å². The van der Waals surface area contributed by atoms with Gasteiger partial charge in [-0.05, 0) is 50.4 Å². The Kier molecular flexibility index (Phi) is 9.24. The summed E-state index contributed by atoms with van der Waals surface area (Å²) in [7, 11) is 2.00. The Balaban J connectivity index is 1.69. The Hall–Kier alpha value is -2.52. The normalized spacial score (nSPS) is 20.1. The van der Waals surface area contributed by atoms with E-state index in [4.69, 9.17) is 5.73 Å². The first-order valence-electron chi connectivity index (χ1n) is 12.8. The predicted molar refractivity (Wildman–Crippen MR) is 134 cm³/mol. The molecular weight excluding hydrogens is 449 g/mol. The maximum absolute atomic E-state index is 15.0. The molecular formula is C26H40FN5O3. The van der Waals surface area contributed by atoms with Gasteiger partial charge in [0.15, 0.2) is 0 Å². The predicted octanol–water partition coefficient (Wildman–Crippen LogP) is 2.27. The number of piperazine rings is 1. The van der Waals surface area contributed by atoms with Crippen LogP contribution in [0.3, 0.4) is 0 Å². The first-order valence-corrected chi connectivity index (χ1v) is 12.8. The minimum atomic E-state index is -1.07. The van der Waals surface area contributed by atoms with E-state index in [1.165, 1.54) is 12.1 Å². The molecule has 2 atom stereocenters. The molecule has 2 aliphatic rings. The molecule has 1 aromatic rings. The fraction of sp³-hybridized carbons (Fsp3) is 0.654. The SMILES string of the molecule is CCC(=O)N[C@H](Cc1ccc(NC(=O)[C@](C)(N)C2CCCCC2)c(F)c1)C(=O)N1CCN(C)CC1. The minimum Gasteiger partial charge on any atom is -0.344 e. The number of benzene rings is 1. The molecule has 4 N–H and O–H groups in total. The van der Waals surface area contributed by atoms with E-state index in [1.54, 1.807) is 24.8 Å². The average Bonchev–Trinajstić information content (AvgIpc) is 2.85. The highest BCUT2D eigenvalue weighted by Gasteiger charge is 2.38. The lowest BCUT2D eigenvalue weighted by molar-refractivity contribution is -0.137. The summed E-state index contributed by atoms with van der Waals surface area (Å²) in [6.07, 6.45) is 5.47. The van der Waals surface area contributed by atoms with Crippen LogP contribution in [0.5, 0.6) is 0 Å². The molecule has 1 heterocycles. The Bertz CT molecular complexity index is 908. The standard InChI is InChI=1S/C26H40FN5O3/c1-4-23(33)29-22(24(34)32-14-12-31(3)13-15-32)17-18-10-11-21(20(27)16-18)30-25(35)26(2,28)19-8-6-5-7-9-19/h10-11,16,19,22H,4-9,12-15,17,28H2,1-3H3,(H,29,33)(H,30,35)/t22-,26-/m1/s1. The second-order valence-electron chi connectivity index (χ2n) is 10.2. The number of halogens is 1. The van der Waals surface area contributed by atoms with Gasteiger partial charge < -0.3 is 26.2 Å². The van der Waals surface area contributed by atoms with Crippen molar-refractivity contribution in [3.05, 3.63) is 29.6 Å². The molecule has 0 radical (unpaired) electrons. The fourth-order valence-electron chi connectivity index (χ4n) is 4.91. The molecule has 0 unspecified atom stereocenters. The van der Waals surface area contributed by atoms with E-state index in [0.717, 1.165) is 45.2 Å². The van der Waals surface area contributed by atoms with Crippen LogP contribution < -0.4 is 16.4 Å². The third kappa shape index (κ3) is 7.01. The zero-order valence-electron chi connectivity index (χ0n) is 21.2. The van der Waals surface area contributed by atoms with Gasteiger partial charge in [-0.3, -0.25) is 14.4 Å². The number of nitrogens with two attached hydrogens (primary N) is 1. The van der Waals surface area contributed by atoms with Gasteiger partial charge in [-0.2, -0.15) is 0 Å². The summed E-state index contributed by atoms with van der Waals surface area (Å²) < 4.78 is 15.0. The number of rotatable bonds is 8. The summed E-state index contributed by atoms with van der Waals surface area (Å²) in [5.41, 5.74) is 5.93. The van der Waals surface area contributed by atoms with Gasteiger partial charge in [0, 0.05) is 39.0 Å². The maximum atomic E-state index is 15.0. The second-order valence-corrected chi connectivity index (χ2v) is 10.2. The third-order valence-corrected chi connectivity index (χ3v) is 7.43. The highest BCUT2D eigenvalue weighted by molar-refractivity contribution is 5.98. The molecule has 2 fully saturated rings. The number of nitrogens with one attached hydrogen (secondary N) is 2. The van der Waals surface area contributed by atoms with Crippen LogP contribution in [0.2, 0.25) is 0 Å². The number of hydrogen-bond donors (Lipinski definition) is 3. The van der Waals surface area contributed by atoms with Crippen LogP contribution >= 0.6 is 0 Å². The quantitative estimate of drug-likeness (QED) is 0.519. The number of carbonyl (C=O) groups excluding carboxylic acids is 3. The smallest absolute Gasteiger partial charge is 0.245 e. The van der Waals surface area contributed by atoms with E-state index in [9.17, 15) is 18.8 Å². The number of likely N-dealkylation sites (N-methyl/N-ethyl adjacent to an activating group) is 1. The van der Waals surface area contributed by atoms with E-state index in [1.807, 2.05) is 7.05 Å². The fourth-order valence-corrected chi connectivity index (χ4v) is 4.91. The van der Waals surface area contributed by atoms with Crippen molar-refractivity contribution in [2.24, 2.45) is 11.7 Å². The zero-order valence-corrected chi connectivity index (χ0v) is 21.2. The summed E-state index contributed by atoms with van der Waals surface area (Å²) in [6, 6.07) is 3.71. The maximum Gasteiger partial charge on any atom is 0.245 e. The highest BCUT2D eigenvalue weighted by atomic mass is 19.1. The zero-order chi connectivity index (χ0) is 25.6. The van der Waals surface area contributed by atoms with Crippen molar-refractivity contribution < 1.29 is 18.8 Å². The molecule has 35 heavy (non-hydrogen) atoms. The van der Waals surface area contributed by atoms with E-state index < -0.39 is 23.3 Å². The summed E-state index contributed by atoms with van der Waals surface area (Å²) in [4.78, 5) is 42.0. The molecule has 194 valence electrons. The third-order valence-electron chi connectivity index (χ3n) is 7.43. The van der Waals surface area contributed by atoms with Crippen molar-refractivity contribution in [3.8, 4) is 0 Å². The van der Waals surface area contributed by atoms with Gasteiger partial charge in [0.25, 0.3) is 0 Å². The van der Waals surface area contributed by atoms with Crippen LogP contribution in [0.4, 0.5) is 10.1 Å². The molecule has 0 aromatic heterocycles. The van der Waals surface area contributed by atoms with Crippen molar-refractivity contribution in [2.75, 3.05) is 38.5 Å². The van der Waals surface area contributed by atoms with Crippen molar-refractivity contribution in [1.29, 1.82) is 0 Å². The molecule has 1 aliphatic carbocycles. The van der Waals surface area contributed by atoms with Crippen LogP contribution in [-0.4, -0.2) is 72.3 Å². The molecule has 0 bridgehead atoms. The van der Waals surface area contributed by atoms with E-state index in [0.29, 0.717) is 18.7 Å². The van der Waals surface area contributed by atoms with E-state index in [-0.39, 0.29) is 36.3 Å². The number of anilines is 1. The van der Waals surface area contributed by atoms with Crippen molar-refractivity contribution >= 4 is 23.4 Å². The average molecular weight is 490 g/mol. The number of carbonyl (C=O) groups is 3. The van der Waals surface area contributed by atoms with Crippen molar-refractivity contribution in [1.82, 2.24) is 15.1 Å². The van der Waals surface area contributed by atoms with Gasteiger partial charge >= 0.3 is 0 Å². The lowest BCUT2D eigenvalue weighted by Gasteiger charge is -2.35. The van der Waals surface area contributed by atoms with E-state index in [2.05, 4.69) is 15.5 Å². The van der Waals surface area contributed by atoms with Gasteiger partial charge in [0.2, 0.25) is 17.7 Å². The molecule has 1 saturated heterocycles. The number of hydrogen-bond acceptors (Lipinski definition) is 5. The van der Waals surface area contributed by atoms with Gasteiger partial charge in [-0.25, -0.2) is 4.39 Å². The van der Waals surface area contributed by atoms with Gasteiger partial charge in [0.1, 0.15) is 11.9 Å². The minimum absolute atomic E-state index is 0.0609. The Labute approximate surface area is 207 Å². The Morgan fingerprint density at radius 2 is 1.80 bits per heavy atom. The lowest BCUT2D eigenvalue weighted by Crippen LogP contribution is -2.55. The molecule has 1 aromatic carbocycles. The lowest BCUT2D eigenvalue weighted by atomic mass is 9.75. The number of amides is 3.